The first-order valence-electron chi connectivity index (χ1n) is 20.2. The average molecular weight is 900 g/mol. The lowest BCUT2D eigenvalue weighted by molar-refractivity contribution is 0.0865. The minimum absolute atomic E-state index is 0.322. The number of imidazole rings is 2. The van der Waals surface area contributed by atoms with Crippen LogP contribution >= 0.6 is 22.7 Å². The zero-order chi connectivity index (χ0) is 45.2. The van der Waals surface area contributed by atoms with Crippen LogP contribution < -0.4 is 11.5 Å². The Morgan fingerprint density at radius 2 is 1.02 bits per heavy atom. The van der Waals surface area contributed by atoms with Gasteiger partial charge in [0.05, 0.1) is 11.4 Å². The van der Waals surface area contributed by atoms with E-state index in [-0.39, 0.29) is 0 Å². The number of aromatic nitrogens is 10. The Morgan fingerprint density at radius 3 is 1.46 bits per heavy atom. The van der Waals surface area contributed by atoms with E-state index in [2.05, 4.69) is 19.9 Å². The van der Waals surface area contributed by atoms with Crippen LogP contribution in [0.4, 0.5) is 16.4 Å². The van der Waals surface area contributed by atoms with E-state index in [1.54, 1.807) is 14.1 Å². The molecule has 6 heterocycles. The standard InChI is InChI=1S/C25H23N7O2S.C22H18N6OS/c1-31(2)25(33)34-20(16-12-8-5-9-13-16)22-29-17(15-10-6-4-7-11-15)19(32(22)3)24-30-18-21(26)27-14-28-23(18)35-24;1-28-17(22-27-16-19(23)24-12-25-21(16)30-22)15(13-8-4-2-5-9-13)26-20(28)18(29)14-10-6-3-7-11-14/h4-14,20H,1-3H3,(H2,26,27,28);2-12,18,29H,1H3,(H2,23,24,25). The second-order valence-electron chi connectivity index (χ2n) is 14.9. The van der Waals surface area contributed by atoms with Gasteiger partial charge in [-0.05, 0) is 5.56 Å². The van der Waals surface area contributed by atoms with E-state index in [1.807, 2.05) is 145 Å². The molecule has 0 bridgehead atoms. The van der Waals surface area contributed by atoms with Gasteiger partial charge >= 0.3 is 6.09 Å². The minimum Gasteiger partial charge on any atom is -0.433 e. The fourth-order valence-electron chi connectivity index (χ4n) is 7.23. The summed E-state index contributed by atoms with van der Waals surface area (Å²) in [6.07, 6.45) is 0.801. The molecule has 0 aliphatic rings. The maximum atomic E-state index is 12.6. The minimum atomic E-state index is -0.869. The molecule has 18 heteroatoms. The molecular weight excluding hydrogens is 859 g/mol. The van der Waals surface area contributed by atoms with Crippen molar-refractivity contribution in [3.8, 4) is 43.9 Å². The average Bonchev–Trinajstić information content (AvgIpc) is 4.13. The summed E-state index contributed by atoms with van der Waals surface area (Å²) in [4.78, 5) is 51.4. The van der Waals surface area contributed by atoms with Gasteiger partial charge in [-0.25, -0.2) is 44.7 Å². The zero-order valence-corrected chi connectivity index (χ0v) is 37.1. The van der Waals surface area contributed by atoms with E-state index >= 15 is 0 Å². The number of rotatable bonds is 9. The number of carbonyl (C=O) groups excluding carboxylic acids is 1. The third kappa shape index (κ3) is 8.36. The molecule has 0 aliphatic heterocycles. The summed E-state index contributed by atoms with van der Waals surface area (Å²) >= 11 is 2.83. The van der Waals surface area contributed by atoms with E-state index in [9.17, 15) is 9.90 Å². The third-order valence-electron chi connectivity index (χ3n) is 10.5. The molecule has 2 unspecified atom stereocenters. The molecule has 0 fully saturated rings. The molecule has 16 nitrogen and oxygen atoms in total. The van der Waals surface area contributed by atoms with Crippen LogP contribution in [0.1, 0.15) is 35.0 Å². The molecule has 0 spiro atoms. The van der Waals surface area contributed by atoms with E-state index in [4.69, 9.17) is 36.1 Å². The summed E-state index contributed by atoms with van der Waals surface area (Å²) in [6, 6.07) is 38.7. The van der Waals surface area contributed by atoms with Crippen molar-refractivity contribution in [1.82, 2.24) is 53.9 Å². The Kier molecular flexibility index (Phi) is 11.8. The van der Waals surface area contributed by atoms with Crippen molar-refractivity contribution in [2.45, 2.75) is 12.2 Å². The fourth-order valence-corrected chi connectivity index (χ4v) is 9.22. The van der Waals surface area contributed by atoms with Gasteiger partial charge in [0, 0.05) is 44.9 Å². The molecule has 0 radical (unpaired) electrons. The Labute approximate surface area is 380 Å². The number of benzene rings is 4. The summed E-state index contributed by atoms with van der Waals surface area (Å²) in [5.41, 5.74) is 19.6. The monoisotopic (exact) mass is 899 g/mol. The molecule has 65 heavy (non-hydrogen) atoms. The van der Waals surface area contributed by atoms with Crippen molar-refractivity contribution in [2.75, 3.05) is 25.6 Å². The molecule has 0 aliphatic carbocycles. The highest BCUT2D eigenvalue weighted by atomic mass is 32.1. The van der Waals surface area contributed by atoms with Crippen molar-refractivity contribution in [3.63, 3.8) is 0 Å². The van der Waals surface area contributed by atoms with Gasteiger partial charge in [-0.3, -0.25) is 0 Å². The van der Waals surface area contributed by atoms with Crippen molar-refractivity contribution in [2.24, 2.45) is 14.1 Å². The number of aliphatic hydroxyl groups is 1. The number of ether oxygens (including phenoxy) is 1. The van der Waals surface area contributed by atoms with Gasteiger partial charge in [0.25, 0.3) is 0 Å². The number of thiazole rings is 2. The van der Waals surface area contributed by atoms with Crippen LogP contribution in [-0.2, 0) is 18.8 Å². The summed E-state index contributed by atoms with van der Waals surface area (Å²) in [7, 11) is 7.08. The Hall–Kier alpha value is -7.93. The van der Waals surface area contributed by atoms with Crippen LogP contribution in [0.15, 0.2) is 134 Å². The predicted octanol–water partition coefficient (Wildman–Crippen LogP) is 8.34. The van der Waals surface area contributed by atoms with Gasteiger partial charge < -0.3 is 35.3 Å². The van der Waals surface area contributed by atoms with Crippen LogP contribution in [0, 0.1) is 0 Å². The first-order chi connectivity index (χ1) is 31.6. The first-order valence-corrected chi connectivity index (χ1v) is 21.8. The van der Waals surface area contributed by atoms with Gasteiger partial charge in [-0.2, -0.15) is 0 Å². The number of fused-ring (bicyclic) bond motifs is 2. The third-order valence-corrected chi connectivity index (χ3v) is 12.4. The summed E-state index contributed by atoms with van der Waals surface area (Å²) in [5, 5.41) is 12.5. The smallest absolute Gasteiger partial charge is 0.410 e. The van der Waals surface area contributed by atoms with Crippen molar-refractivity contribution >= 4 is 61.1 Å². The fraction of sp³-hybridized carbons (Fsp3) is 0.128. The highest BCUT2D eigenvalue weighted by Gasteiger charge is 2.30. The van der Waals surface area contributed by atoms with Gasteiger partial charge in [0.2, 0.25) is 0 Å². The molecule has 6 aromatic heterocycles. The first kappa shape index (κ1) is 42.4. The molecular formula is C47H41N13O3S2. The van der Waals surface area contributed by atoms with Crippen LogP contribution in [-0.4, -0.2) is 79.2 Å². The number of nitrogens with zero attached hydrogens (tertiary/aromatic N) is 11. The molecule has 10 rings (SSSR count). The quantitative estimate of drug-likeness (QED) is 0.124. The maximum Gasteiger partial charge on any atom is 0.410 e. The predicted molar refractivity (Wildman–Crippen MR) is 253 cm³/mol. The zero-order valence-electron chi connectivity index (χ0n) is 35.5. The van der Waals surface area contributed by atoms with Gasteiger partial charge in [-0.15, -0.1) is 0 Å². The van der Waals surface area contributed by atoms with Crippen LogP contribution in [0.3, 0.4) is 0 Å². The maximum absolute atomic E-state index is 12.6. The van der Waals surface area contributed by atoms with Gasteiger partial charge in [-0.1, -0.05) is 144 Å². The number of anilines is 2. The van der Waals surface area contributed by atoms with Crippen molar-refractivity contribution < 1.29 is 14.6 Å². The number of hydrogen-bond donors (Lipinski definition) is 3. The van der Waals surface area contributed by atoms with E-state index in [0.29, 0.717) is 49.0 Å². The lowest BCUT2D eigenvalue weighted by Gasteiger charge is -2.20. The van der Waals surface area contributed by atoms with Gasteiger partial charge in [0.15, 0.2) is 23.6 Å². The Morgan fingerprint density at radius 1 is 0.600 bits per heavy atom. The molecule has 1 amide bonds. The SMILES string of the molecule is CN(C)C(=O)OC(c1ccccc1)c1nc(-c2ccccc2)c(-c2nc3c(N)ncnc3s2)n1C.Cn1c(C(O)c2ccccc2)nc(-c2ccccc2)c1-c1nc2c(N)ncnc2s1. The summed E-state index contributed by atoms with van der Waals surface area (Å²) in [5.74, 6) is 1.77. The van der Waals surface area contributed by atoms with Crippen LogP contribution in [0.25, 0.3) is 64.6 Å². The number of carbonyl (C=O) groups is 1. The van der Waals surface area contributed by atoms with Crippen molar-refractivity contribution in [1.29, 1.82) is 0 Å². The number of nitrogen functional groups attached to an aromatic ring is 2. The molecule has 10 aromatic rings. The number of amides is 1. The Balaban J connectivity index is 0.000000166. The lowest BCUT2D eigenvalue weighted by atomic mass is 10.1. The van der Waals surface area contributed by atoms with Gasteiger partial charge in [0.1, 0.15) is 66.7 Å². The van der Waals surface area contributed by atoms with Crippen LogP contribution in [0.5, 0.6) is 0 Å². The second-order valence-corrected chi connectivity index (χ2v) is 16.9. The van der Waals surface area contributed by atoms with E-state index in [0.717, 1.165) is 50.0 Å². The summed E-state index contributed by atoms with van der Waals surface area (Å²) < 4.78 is 9.74. The van der Waals surface area contributed by atoms with Crippen LogP contribution in [0.2, 0.25) is 0 Å². The largest absolute Gasteiger partial charge is 0.433 e. The summed E-state index contributed by atoms with van der Waals surface area (Å²) in [6.45, 7) is 0. The number of aliphatic hydroxyl groups excluding tert-OH is 1. The molecule has 0 saturated heterocycles. The molecule has 5 N–H and O–H groups in total. The molecule has 2 atom stereocenters. The molecule has 0 saturated carbocycles. The molecule has 4 aromatic carbocycles. The second kappa shape index (κ2) is 18.0. The highest BCUT2D eigenvalue weighted by Crippen LogP contribution is 2.41. The van der Waals surface area contributed by atoms with E-state index in [1.165, 1.54) is 40.2 Å². The normalized spacial score (nSPS) is 12.1. The van der Waals surface area contributed by atoms with E-state index < -0.39 is 18.3 Å². The number of nitrogens with two attached hydrogens (primary N) is 2. The highest BCUT2D eigenvalue weighted by molar-refractivity contribution is 7.21. The Bertz CT molecular complexity index is 3270. The number of hydrogen-bond acceptors (Lipinski definition) is 15. The molecule has 324 valence electrons. The lowest BCUT2D eigenvalue weighted by Crippen LogP contribution is -2.26. The topological polar surface area (TPSA) is 215 Å². The van der Waals surface area contributed by atoms with Crippen molar-refractivity contribution in [3.05, 3.63) is 157 Å².